The first kappa shape index (κ1) is 32.2. The molecule has 0 atom stereocenters. The Morgan fingerprint density at radius 3 is 1.36 bits per heavy atom. The minimum absolute atomic E-state index is 0.661. The van der Waals surface area contributed by atoms with Crippen LogP contribution >= 0.6 is 0 Å². The standard InChI is InChI=1S/C48H38N2/c1-3-47(45-30-29-41(36-19-9-4-10-20-36)34-46(45)39-25-15-7-16-26-39)50-48(40-27-17-8-18-28-40)49-35(2)42-31-43(37-21-11-5-12-22-37)33-44(32-42)38-23-13-6-14-24-38/h3-34H,1-2H3/b47-3+,49-35+,50-48-. The number of hydrogen-bond acceptors (Lipinski definition) is 1. The minimum atomic E-state index is 0.661. The molecule has 0 amide bonds. The summed E-state index contributed by atoms with van der Waals surface area (Å²) in [6, 6.07) is 65.8. The zero-order valence-corrected chi connectivity index (χ0v) is 28.4. The van der Waals surface area contributed by atoms with Crippen LogP contribution in [0.4, 0.5) is 0 Å². The highest BCUT2D eigenvalue weighted by molar-refractivity contribution is 6.13. The molecule has 0 aliphatic rings. The van der Waals surface area contributed by atoms with Gasteiger partial charge in [-0.25, -0.2) is 9.98 Å². The number of amidine groups is 1. The van der Waals surface area contributed by atoms with Gasteiger partial charge in [-0.3, -0.25) is 0 Å². The molecule has 7 rings (SSSR count). The average molecular weight is 643 g/mol. The molecule has 0 unspecified atom stereocenters. The highest BCUT2D eigenvalue weighted by Gasteiger charge is 2.14. The third-order valence-corrected chi connectivity index (χ3v) is 8.86. The van der Waals surface area contributed by atoms with E-state index in [1.165, 1.54) is 16.7 Å². The number of hydrogen-bond donors (Lipinski definition) is 0. The molecule has 50 heavy (non-hydrogen) atoms. The van der Waals surface area contributed by atoms with Gasteiger partial charge in [0.2, 0.25) is 0 Å². The third kappa shape index (κ3) is 7.36. The lowest BCUT2D eigenvalue weighted by Crippen LogP contribution is -2.05. The van der Waals surface area contributed by atoms with Crippen LogP contribution in [0.3, 0.4) is 0 Å². The van der Waals surface area contributed by atoms with Crippen molar-refractivity contribution >= 4 is 17.2 Å². The molecular weight excluding hydrogens is 605 g/mol. The molecule has 0 radical (unpaired) electrons. The number of aliphatic imine (C=N–C) groups is 2. The Morgan fingerprint density at radius 2 is 0.860 bits per heavy atom. The van der Waals surface area contributed by atoms with Crippen molar-refractivity contribution in [2.75, 3.05) is 0 Å². The number of nitrogens with zero attached hydrogens (tertiary/aromatic N) is 2. The molecule has 240 valence electrons. The van der Waals surface area contributed by atoms with Gasteiger partial charge in [-0.15, -0.1) is 0 Å². The highest BCUT2D eigenvalue weighted by atomic mass is 14.9. The summed E-state index contributed by atoms with van der Waals surface area (Å²) < 4.78 is 0. The van der Waals surface area contributed by atoms with Crippen molar-refractivity contribution in [1.82, 2.24) is 0 Å². The molecule has 0 bridgehead atoms. The van der Waals surface area contributed by atoms with Crippen LogP contribution in [0.1, 0.15) is 30.5 Å². The first-order valence-corrected chi connectivity index (χ1v) is 17.0. The van der Waals surface area contributed by atoms with Crippen LogP contribution in [0, 0.1) is 0 Å². The molecule has 2 nitrogen and oxygen atoms in total. The lowest BCUT2D eigenvalue weighted by Gasteiger charge is -2.15. The van der Waals surface area contributed by atoms with Crippen molar-refractivity contribution in [2.45, 2.75) is 13.8 Å². The van der Waals surface area contributed by atoms with E-state index >= 15 is 0 Å². The largest absolute Gasteiger partial charge is 0.233 e. The quantitative estimate of drug-likeness (QED) is 0.116. The SMILES string of the molecule is C/C=C(/N=C(\N=C(/C)c1cc(-c2ccccc2)cc(-c2ccccc2)c1)c1ccccc1)c1ccc(-c2ccccc2)cc1-c1ccccc1. The van der Waals surface area contributed by atoms with Crippen molar-refractivity contribution in [1.29, 1.82) is 0 Å². The van der Waals surface area contributed by atoms with Crippen molar-refractivity contribution in [3.63, 3.8) is 0 Å². The van der Waals surface area contributed by atoms with Gasteiger partial charge in [0, 0.05) is 16.8 Å². The second kappa shape index (κ2) is 15.2. The van der Waals surface area contributed by atoms with E-state index < -0.39 is 0 Å². The molecule has 0 aromatic heterocycles. The summed E-state index contributed by atoms with van der Waals surface area (Å²) in [7, 11) is 0. The second-order valence-corrected chi connectivity index (χ2v) is 12.2. The molecule has 0 spiro atoms. The first-order chi connectivity index (χ1) is 24.7. The number of allylic oxidation sites excluding steroid dienone is 1. The molecular formula is C48H38N2. The number of rotatable bonds is 8. The predicted octanol–water partition coefficient (Wildman–Crippen LogP) is 12.7. The monoisotopic (exact) mass is 642 g/mol. The van der Waals surface area contributed by atoms with E-state index in [9.17, 15) is 0 Å². The van der Waals surface area contributed by atoms with E-state index in [1.807, 2.05) is 25.1 Å². The van der Waals surface area contributed by atoms with Gasteiger partial charge < -0.3 is 0 Å². The second-order valence-electron chi connectivity index (χ2n) is 12.2. The normalized spacial score (nSPS) is 12.2. The summed E-state index contributed by atoms with van der Waals surface area (Å²) in [6.45, 7) is 4.13. The molecule has 0 N–H and O–H groups in total. The van der Waals surface area contributed by atoms with Crippen LogP contribution in [0.5, 0.6) is 0 Å². The van der Waals surface area contributed by atoms with Crippen LogP contribution in [0.2, 0.25) is 0 Å². The zero-order chi connectivity index (χ0) is 34.1. The predicted molar refractivity (Wildman–Crippen MR) is 213 cm³/mol. The van der Waals surface area contributed by atoms with Crippen LogP contribution in [-0.2, 0) is 0 Å². The fourth-order valence-electron chi connectivity index (χ4n) is 6.22. The topological polar surface area (TPSA) is 24.7 Å². The van der Waals surface area contributed by atoms with E-state index in [1.54, 1.807) is 0 Å². The molecule has 0 heterocycles. The maximum atomic E-state index is 5.34. The molecule has 2 heteroatoms. The zero-order valence-electron chi connectivity index (χ0n) is 28.4. The fourth-order valence-corrected chi connectivity index (χ4v) is 6.22. The third-order valence-electron chi connectivity index (χ3n) is 8.86. The Bertz CT molecular complexity index is 2230. The minimum Gasteiger partial charge on any atom is -0.233 e. The Hall–Kier alpha value is -6.38. The van der Waals surface area contributed by atoms with Gasteiger partial charge in [-0.2, -0.15) is 0 Å². The molecule has 0 aliphatic carbocycles. The first-order valence-electron chi connectivity index (χ1n) is 17.0. The van der Waals surface area contributed by atoms with Crippen molar-refractivity contribution in [3.8, 4) is 44.5 Å². The average Bonchev–Trinajstić information content (AvgIpc) is 3.20. The summed E-state index contributed by atoms with van der Waals surface area (Å²) in [4.78, 5) is 10.6. The van der Waals surface area contributed by atoms with Gasteiger partial charge in [0.25, 0.3) is 0 Å². The van der Waals surface area contributed by atoms with Crippen molar-refractivity contribution < 1.29 is 0 Å². The lowest BCUT2D eigenvalue weighted by atomic mass is 9.93. The molecule has 7 aromatic rings. The Balaban J connectivity index is 1.37. The summed E-state index contributed by atoms with van der Waals surface area (Å²) in [5.74, 6) is 0.661. The molecule has 0 fully saturated rings. The fraction of sp³-hybridized carbons (Fsp3) is 0.0417. The number of benzene rings is 7. The van der Waals surface area contributed by atoms with Gasteiger partial charge in [-0.1, -0.05) is 170 Å². The maximum absolute atomic E-state index is 5.34. The van der Waals surface area contributed by atoms with Crippen LogP contribution < -0.4 is 0 Å². The maximum Gasteiger partial charge on any atom is 0.160 e. The van der Waals surface area contributed by atoms with Crippen molar-refractivity contribution in [2.24, 2.45) is 9.98 Å². The highest BCUT2D eigenvalue weighted by Crippen LogP contribution is 2.35. The Kier molecular flexibility index (Phi) is 9.80. The van der Waals surface area contributed by atoms with Crippen LogP contribution in [0.15, 0.2) is 204 Å². The van der Waals surface area contributed by atoms with Crippen LogP contribution in [-0.4, -0.2) is 11.5 Å². The summed E-state index contributed by atoms with van der Waals surface area (Å²) in [5.41, 5.74) is 14.0. The smallest absolute Gasteiger partial charge is 0.160 e. The van der Waals surface area contributed by atoms with E-state index in [0.29, 0.717) is 5.84 Å². The van der Waals surface area contributed by atoms with Gasteiger partial charge in [-0.05, 0) is 88.2 Å². The Morgan fingerprint density at radius 1 is 0.400 bits per heavy atom. The van der Waals surface area contributed by atoms with Crippen molar-refractivity contribution in [3.05, 3.63) is 211 Å². The van der Waals surface area contributed by atoms with Gasteiger partial charge in [0.15, 0.2) is 5.84 Å². The van der Waals surface area contributed by atoms with E-state index in [0.717, 1.165) is 55.9 Å². The summed E-state index contributed by atoms with van der Waals surface area (Å²) in [6.07, 6.45) is 2.08. The molecule has 0 saturated heterocycles. The van der Waals surface area contributed by atoms with E-state index in [2.05, 4.69) is 183 Å². The van der Waals surface area contributed by atoms with E-state index in [-0.39, 0.29) is 0 Å². The van der Waals surface area contributed by atoms with Gasteiger partial charge >= 0.3 is 0 Å². The van der Waals surface area contributed by atoms with E-state index in [4.69, 9.17) is 9.98 Å². The molecule has 7 aromatic carbocycles. The van der Waals surface area contributed by atoms with Crippen LogP contribution in [0.25, 0.3) is 50.2 Å². The summed E-state index contributed by atoms with van der Waals surface area (Å²) >= 11 is 0. The van der Waals surface area contributed by atoms with Gasteiger partial charge in [0.1, 0.15) is 0 Å². The Labute approximate surface area is 295 Å². The molecule has 0 aliphatic heterocycles. The van der Waals surface area contributed by atoms with Gasteiger partial charge in [0.05, 0.1) is 5.70 Å². The lowest BCUT2D eigenvalue weighted by molar-refractivity contribution is 1.42. The summed E-state index contributed by atoms with van der Waals surface area (Å²) in [5, 5.41) is 0. The molecule has 0 saturated carbocycles.